The minimum absolute atomic E-state index is 0.0550. The highest BCUT2D eigenvalue weighted by Gasteiger charge is 2.27. The first kappa shape index (κ1) is 19.5. The second kappa shape index (κ2) is 9.07. The van der Waals surface area contributed by atoms with E-state index in [9.17, 15) is 9.59 Å². The van der Waals surface area contributed by atoms with E-state index in [1.54, 1.807) is 29.2 Å². The average Bonchev–Trinajstić information content (AvgIpc) is 2.69. The third kappa shape index (κ3) is 5.12. The first-order valence-electron chi connectivity index (χ1n) is 8.81. The van der Waals surface area contributed by atoms with Crippen molar-refractivity contribution < 1.29 is 9.59 Å². The van der Waals surface area contributed by atoms with Crippen molar-refractivity contribution in [3.05, 3.63) is 70.2 Å². The lowest BCUT2D eigenvalue weighted by molar-refractivity contribution is -0.130. The number of nitrogens with one attached hydrogen (secondary N) is 1. The van der Waals surface area contributed by atoms with Gasteiger partial charge in [0.1, 0.15) is 0 Å². The Morgan fingerprint density at radius 2 is 1.85 bits per heavy atom. The first-order chi connectivity index (χ1) is 13.0. The number of anilines is 1. The fourth-order valence-corrected chi connectivity index (χ4v) is 3.44. The third-order valence-electron chi connectivity index (χ3n) is 4.53. The predicted molar refractivity (Wildman–Crippen MR) is 110 cm³/mol. The van der Waals surface area contributed by atoms with Crippen LogP contribution in [0, 0.1) is 5.92 Å². The van der Waals surface area contributed by atoms with Gasteiger partial charge in [-0.15, -0.1) is 0 Å². The molecule has 27 heavy (non-hydrogen) atoms. The zero-order chi connectivity index (χ0) is 19.2. The largest absolute Gasteiger partial charge is 0.338 e. The second-order valence-corrected chi connectivity index (χ2v) is 7.24. The van der Waals surface area contributed by atoms with Crippen LogP contribution in [0.3, 0.4) is 0 Å². The summed E-state index contributed by atoms with van der Waals surface area (Å²) >= 11 is 12.1. The molecule has 140 valence electrons. The first-order valence-corrected chi connectivity index (χ1v) is 9.57. The number of carbonyl (C=O) groups excluding carboxylic acids is 2. The van der Waals surface area contributed by atoms with E-state index in [2.05, 4.69) is 5.32 Å². The number of piperidine rings is 1. The summed E-state index contributed by atoms with van der Waals surface area (Å²) in [7, 11) is 0. The van der Waals surface area contributed by atoms with Crippen LogP contribution in [0.1, 0.15) is 18.4 Å². The van der Waals surface area contributed by atoms with Crippen LogP contribution in [0.4, 0.5) is 5.69 Å². The number of rotatable bonds is 4. The fourth-order valence-electron chi connectivity index (χ4n) is 3.07. The minimum Gasteiger partial charge on any atom is -0.338 e. The molecule has 1 saturated heterocycles. The lowest BCUT2D eigenvalue weighted by atomic mass is 9.97. The van der Waals surface area contributed by atoms with Gasteiger partial charge in [0.25, 0.3) is 0 Å². The highest BCUT2D eigenvalue weighted by Crippen LogP contribution is 2.26. The lowest BCUT2D eigenvalue weighted by Gasteiger charge is -2.31. The van der Waals surface area contributed by atoms with E-state index in [0.29, 0.717) is 28.7 Å². The molecule has 0 saturated carbocycles. The number of halogens is 2. The maximum Gasteiger partial charge on any atom is 0.246 e. The van der Waals surface area contributed by atoms with Crippen molar-refractivity contribution in [2.45, 2.75) is 12.8 Å². The Morgan fingerprint density at radius 1 is 1.07 bits per heavy atom. The Kier molecular flexibility index (Phi) is 6.54. The van der Waals surface area contributed by atoms with Gasteiger partial charge < -0.3 is 10.2 Å². The Labute approximate surface area is 168 Å². The standard InChI is InChI=1S/C21H20Cl2N2O2/c22-18-10-4-6-15(20(18)23)11-12-19(26)25-13-5-7-16(14-25)21(27)24-17-8-2-1-3-9-17/h1-4,6,8-12,16H,5,7,13-14H2,(H,24,27)/b12-11+. The van der Waals surface area contributed by atoms with Crippen molar-refractivity contribution in [3.8, 4) is 0 Å². The van der Waals surface area contributed by atoms with Crippen LogP contribution in [0.5, 0.6) is 0 Å². The summed E-state index contributed by atoms with van der Waals surface area (Å²) < 4.78 is 0. The molecule has 0 spiro atoms. The van der Waals surface area contributed by atoms with Crippen molar-refractivity contribution in [1.82, 2.24) is 4.90 Å². The van der Waals surface area contributed by atoms with Crippen molar-refractivity contribution in [2.24, 2.45) is 5.92 Å². The zero-order valence-electron chi connectivity index (χ0n) is 14.7. The second-order valence-electron chi connectivity index (χ2n) is 6.46. The number of likely N-dealkylation sites (tertiary alicyclic amines) is 1. The van der Waals surface area contributed by atoms with Crippen molar-refractivity contribution in [2.75, 3.05) is 18.4 Å². The highest BCUT2D eigenvalue weighted by atomic mass is 35.5. The quantitative estimate of drug-likeness (QED) is 0.740. The molecule has 1 unspecified atom stereocenters. The van der Waals surface area contributed by atoms with Gasteiger partial charge in [0.2, 0.25) is 11.8 Å². The normalized spacial score (nSPS) is 17.1. The number of hydrogen-bond donors (Lipinski definition) is 1. The van der Waals surface area contributed by atoms with Crippen molar-refractivity contribution in [3.63, 3.8) is 0 Å². The molecule has 0 bridgehead atoms. The van der Waals surface area contributed by atoms with E-state index in [1.807, 2.05) is 30.3 Å². The molecule has 4 nitrogen and oxygen atoms in total. The third-order valence-corrected chi connectivity index (χ3v) is 5.37. The Balaban J connectivity index is 1.61. The average molecular weight is 403 g/mol. The minimum atomic E-state index is -0.217. The topological polar surface area (TPSA) is 49.4 Å². The molecule has 1 heterocycles. The molecule has 1 fully saturated rings. The molecule has 3 rings (SSSR count). The van der Waals surface area contributed by atoms with Gasteiger partial charge in [0, 0.05) is 24.9 Å². The SMILES string of the molecule is O=C(Nc1ccccc1)C1CCCN(C(=O)/C=C/c2cccc(Cl)c2Cl)C1. The Hall–Kier alpha value is -2.30. The molecular formula is C21H20Cl2N2O2. The number of para-hydroxylation sites is 1. The monoisotopic (exact) mass is 402 g/mol. The maximum absolute atomic E-state index is 12.5. The predicted octanol–water partition coefficient (Wildman–Crippen LogP) is 4.88. The van der Waals surface area contributed by atoms with Crippen LogP contribution in [0.2, 0.25) is 10.0 Å². The van der Waals surface area contributed by atoms with Crippen LogP contribution in [0.15, 0.2) is 54.6 Å². The van der Waals surface area contributed by atoms with Gasteiger partial charge >= 0.3 is 0 Å². The van der Waals surface area contributed by atoms with Crippen LogP contribution in [0.25, 0.3) is 6.08 Å². The molecule has 1 atom stereocenters. The summed E-state index contributed by atoms with van der Waals surface area (Å²) in [6.45, 7) is 1.05. The molecule has 1 aliphatic rings. The zero-order valence-corrected chi connectivity index (χ0v) is 16.2. The van der Waals surface area contributed by atoms with Gasteiger partial charge in [-0.2, -0.15) is 0 Å². The van der Waals surface area contributed by atoms with Crippen molar-refractivity contribution >= 4 is 46.8 Å². The van der Waals surface area contributed by atoms with Gasteiger partial charge in [-0.3, -0.25) is 9.59 Å². The molecule has 2 aromatic carbocycles. The summed E-state index contributed by atoms with van der Waals surface area (Å²) in [6.07, 6.45) is 4.70. The van der Waals surface area contributed by atoms with E-state index in [1.165, 1.54) is 6.08 Å². The van der Waals surface area contributed by atoms with Gasteiger partial charge in [0.05, 0.1) is 16.0 Å². The summed E-state index contributed by atoms with van der Waals surface area (Å²) in [5.74, 6) is -0.408. The van der Waals surface area contributed by atoms with E-state index < -0.39 is 0 Å². The summed E-state index contributed by atoms with van der Waals surface area (Å²) in [4.78, 5) is 26.7. The van der Waals surface area contributed by atoms with E-state index in [-0.39, 0.29) is 17.7 Å². The molecule has 1 N–H and O–H groups in total. The molecule has 0 radical (unpaired) electrons. The molecule has 0 aliphatic carbocycles. The lowest BCUT2D eigenvalue weighted by Crippen LogP contribution is -2.43. The van der Waals surface area contributed by atoms with Gasteiger partial charge in [-0.1, -0.05) is 53.5 Å². The van der Waals surface area contributed by atoms with Gasteiger partial charge in [-0.25, -0.2) is 0 Å². The number of carbonyl (C=O) groups is 2. The van der Waals surface area contributed by atoms with Crippen molar-refractivity contribution in [1.29, 1.82) is 0 Å². The summed E-state index contributed by atoms with van der Waals surface area (Å²) in [5.41, 5.74) is 1.45. The Morgan fingerprint density at radius 3 is 2.63 bits per heavy atom. The highest BCUT2D eigenvalue weighted by molar-refractivity contribution is 6.42. The van der Waals surface area contributed by atoms with Crippen LogP contribution >= 0.6 is 23.2 Å². The van der Waals surface area contributed by atoms with Gasteiger partial charge in [0.15, 0.2) is 0 Å². The van der Waals surface area contributed by atoms with Gasteiger partial charge in [-0.05, 0) is 42.7 Å². The van der Waals surface area contributed by atoms with E-state index >= 15 is 0 Å². The molecule has 2 aromatic rings. The molecule has 1 aliphatic heterocycles. The van der Waals surface area contributed by atoms with E-state index in [0.717, 1.165) is 18.5 Å². The van der Waals surface area contributed by atoms with Crippen LogP contribution < -0.4 is 5.32 Å². The smallest absolute Gasteiger partial charge is 0.246 e. The number of nitrogens with zero attached hydrogens (tertiary/aromatic N) is 1. The number of benzene rings is 2. The van der Waals surface area contributed by atoms with E-state index in [4.69, 9.17) is 23.2 Å². The molecular weight excluding hydrogens is 383 g/mol. The van der Waals surface area contributed by atoms with Crippen LogP contribution in [-0.4, -0.2) is 29.8 Å². The summed E-state index contributed by atoms with van der Waals surface area (Å²) in [5, 5.41) is 3.78. The summed E-state index contributed by atoms with van der Waals surface area (Å²) in [6, 6.07) is 14.6. The molecule has 2 amide bonds. The Bertz CT molecular complexity index is 853. The van der Waals surface area contributed by atoms with Crippen LogP contribution in [-0.2, 0) is 9.59 Å². The fraction of sp³-hybridized carbons (Fsp3) is 0.238. The number of amides is 2. The molecule has 0 aromatic heterocycles. The molecule has 6 heteroatoms. The maximum atomic E-state index is 12.5. The number of hydrogen-bond acceptors (Lipinski definition) is 2.